The summed E-state index contributed by atoms with van der Waals surface area (Å²) in [6, 6.07) is 9.59. The number of benzene rings is 1. The van der Waals surface area contributed by atoms with Crippen molar-refractivity contribution in [2.24, 2.45) is 5.73 Å². The maximum absolute atomic E-state index is 11.7. The van der Waals surface area contributed by atoms with Gasteiger partial charge < -0.3 is 10.5 Å². The summed E-state index contributed by atoms with van der Waals surface area (Å²) in [5.41, 5.74) is 4.99. The van der Waals surface area contributed by atoms with Crippen LogP contribution in [0.15, 0.2) is 30.3 Å². The summed E-state index contributed by atoms with van der Waals surface area (Å²) in [5, 5.41) is 1.03. The minimum absolute atomic E-state index is 0.218. The zero-order chi connectivity index (χ0) is 13.0. The Labute approximate surface area is 108 Å². The Morgan fingerprint density at radius 1 is 1.28 bits per heavy atom. The van der Waals surface area contributed by atoms with Gasteiger partial charge in [0.05, 0.1) is 6.61 Å². The Hall–Kier alpha value is -1.88. The van der Waals surface area contributed by atoms with Crippen LogP contribution < -0.4 is 5.73 Å². The van der Waals surface area contributed by atoms with E-state index < -0.39 is 0 Å². The Morgan fingerprint density at radius 2 is 2.06 bits per heavy atom. The highest BCUT2D eigenvalue weighted by Gasteiger charge is 2.11. The summed E-state index contributed by atoms with van der Waals surface area (Å²) in [5.74, 6) is -0.728. The number of fused-ring (bicyclic) bond motifs is 1. The lowest BCUT2D eigenvalue weighted by atomic mass is 10.2. The molecule has 0 fully saturated rings. The van der Waals surface area contributed by atoms with Crippen LogP contribution in [0.3, 0.4) is 0 Å². The predicted octanol–water partition coefficient (Wildman–Crippen LogP) is 2.32. The molecule has 2 N–H and O–H groups in total. The number of amides is 1. The average Bonchev–Trinajstić information content (AvgIpc) is 2.78. The second-order valence-electron chi connectivity index (χ2n) is 3.85. The van der Waals surface area contributed by atoms with Crippen LogP contribution in [-0.4, -0.2) is 18.5 Å². The number of thiophene rings is 1. The number of nitrogens with two attached hydrogens (primary N) is 1. The van der Waals surface area contributed by atoms with E-state index in [1.54, 1.807) is 0 Å². The van der Waals surface area contributed by atoms with Gasteiger partial charge in [0.1, 0.15) is 4.88 Å². The molecular formula is C13H13NO3S. The number of ether oxygens (including phenoxy) is 1. The highest BCUT2D eigenvalue weighted by Crippen LogP contribution is 2.25. The van der Waals surface area contributed by atoms with E-state index in [0.717, 1.165) is 10.1 Å². The van der Waals surface area contributed by atoms with Crippen LogP contribution in [0.5, 0.6) is 0 Å². The minimum atomic E-state index is -0.382. The van der Waals surface area contributed by atoms with Gasteiger partial charge in [0.2, 0.25) is 5.91 Å². The quantitative estimate of drug-likeness (QED) is 0.665. The Kier molecular flexibility index (Phi) is 3.94. The largest absolute Gasteiger partial charge is 0.461 e. The molecule has 2 rings (SSSR count). The van der Waals surface area contributed by atoms with E-state index in [0.29, 0.717) is 11.3 Å². The molecule has 0 bridgehead atoms. The van der Waals surface area contributed by atoms with Gasteiger partial charge in [-0.3, -0.25) is 4.79 Å². The highest BCUT2D eigenvalue weighted by atomic mass is 32.1. The van der Waals surface area contributed by atoms with E-state index in [4.69, 9.17) is 10.5 Å². The van der Waals surface area contributed by atoms with Gasteiger partial charge in [0, 0.05) is 11.1 Å². The summed E-state index contributed by atoms with van der Waals surface area (Å²) in [4.78, 5) is 22.8. The van der Waals surface area contributed by atoms with Gasteiger partial charge in [-0.1, -0.05) is 18.2 Å². The van der Waals surface area contributed by atoms with Gasteiger partial charge in [-0.05, 0) is 23.9 Å². The zero-order valence-corrected chi connectivity index (χ0v) is 10.5. The molecule has 18 heavy (non-hydrogen) atoms. The predicted molar refractivity (Wildman–Crippen MR) is 70.5 cm³/mol. The molecule has 0 spiro atoms. The number of hydrogen-bond acceptors (Lipinski definition) is 4. The van der Waals surface area contributed by atoms with Gasteiger partial charge in [0.25, 0.3) is 0 Å². The monoisotopic (exact) mass is 263 g/mol. The fourth-order valence-electron chi connectivity index (χ4n) is 1.56. The summed E-state index contributed by atoms with van der Waals surface area (Å²) in [7, 11) is 0. The molecule has 0 aliphatic heterocycles. The van der Waals surface area contributed by atoms with Gasteiger partial charge in [-0.15, -0.1) is 11.3 Å². The van der Waals surface area contributed by atoms with Crippen molar-refractivity contribution in [1.29, 1.82) is 0 Å². The number of rotatable bonds is 5. The number of carbonyl (C=O) groups excluding carboxylic acids is 2. The lowest BCUT2D eigenvalue weighted by Crippen LogP contribution is -2.12. The molecule has 0 saturated heterocycles. The number of primary amides is 1. The van der Waals surface area contributed by atoms with Crippen molar-refractivity contribution in [3.8, 4) is 0 Å². The normalized spacial score (nSPS) is 10.4. The van der Waals surface area contributed by atoms with Crippen molar-refractivity contribution in [1.82, 2.24) is 0 Å². The van der Waals surface area contributed by atoms with Crippen LogP contribution >= 0.6 is 11.3 Å². The van der Waals surface area contributed by atoms with E-state index in [1.165, 1.54) is 11.3 Å². The van der Waals surface area contributed by atoms with Crippen molar-refractivity contribution in [3.63, 3.8) is 0 Å². The second-order valence-corrected chi connectivity index (χ2v) is 4.94. The molecule has 0 saturated carbocycles. The molecular weight excluding hydrogens is 250 g/mol. The molecule has 94 valence electrons. The number of esters is 1. The third-order valence-electron chi connectivity index (χ3n) is 2.43. The van der Waals surface area contributed by atoms with Crippen molar-refractivity contribution in [3.05, 3.63) is 35.2 Å². The maximum Gasteiger partial charge on any atom is 0.348 e. The van der Waals surface area contributed by atoms with Crippen molar-refractivity contribution >= 4 is 33.3 Å². The molecule has 0 unspecified atom stereocenters. The first-order valence-electron chi connectivity index (χ1n) is 5.61. The third kappa shape index (κ3) is 3.07. The van der Waals surface area contributed by atoms with E-state index in [-0.39, 0.29) is 24.9 Å². The van der Waals surface area contributed by atoms with Crippen LogP contribution in [0, 0.1) is 0 Å². The third-order valence-corrected chi connectivity index (χ3v) is 3.52. The molecule has 4 nitrogen and oxygen atoms in total. The Balaban J connectivity index is 1.94. The van der Waals surface area contributed by atoms with Gasteiger partial charge in [-0.25, -0.2) is 4.79 Å². The summed E-state index contributed by atoms with van der Waals surface area (Å²) in [6.45, 7) is 0.218. The lowest BCUT2D eigenvalue weighted by molar-refractivity contribution is -0.118. The average molecular weight is 263 g/mol. The lowest BCUT2D eigenvalue weighted by Gasteiger charge is -2.01. The van der Waals surface area contributed by atoms with Gasteiger partial charge in [-0.2, -0.15) is 0 Å². The van der Waals surface area contributed by atoms with Gasteiger partial charge >= 0.3 is 5.97 Å². The Morgan fingerprint density at radius 3 is 2.78 bits per heavy atom. The molecule has 0 aliphatic carbocycles. The molecule has 2 aromatic rings. The molecule has 0 aliphatic rings. The van der Waals surface area contributed by atoms with E-state index >= 15 is 0 Å². The van der Waals surface area contributed by atoms with Crippen LogP contribution in [-0.2, 0) is 9.53 Å². The minimum Gasteiger partial charge on any atom is -0.461 e. The van der Waals surface area contributed by atoms with Crippen LogP contribution in [0.2, 0.25) is 0 Å². The molecule has 0 radical (unpaired) electrons. The number of carbonyl (C=O) groups is 2. The zero-order valence-electron chi connectivity index (χ0n) is 9.72. The van der Waals surface area contributed by atoms with E-state index in [9.17, 15) is 9.59 Å². The molecule has 5 heteroatoms. The topological polar surface area (TPSA) is 69.4 Å². The SMILES string of the molecule is NC(=O)CCCOC(=O)c1cc2ccccc2s1. The fourth-order valence-corrected chi connectivity index (χ4v) is 2.52. The van der Waals surface area contributed by atoms with Crippen molar-refractivity contribution in [2.45, 2.75) is 12.8 Å². The number of hydrogen-bond donors (Lipinski definition) is 1. The maximum atomic E-state index is 11.7. The first-order chi connectivity index (χ1) is 8.66. The molecule has 1 amide bonds. The molecule has 1 aromatic heterocycles. The smallest absolute Gasteiger partial charge is 0.348 e. The summed E-state index contributed by atoms with van der Waals surface area (Å²) in [6.07, 6.45) is 0.700. The standard InChI is InChI=1S/C13H13NO3S/c14-12(15)6-3-7-17-13(16)11-8-9-4-1-2-5-10(9)18-11/h1-2,4-5,8H,3,6-7H2,(H2,14,15). The van der Waals surface area contributed by atoms with Crippen molar-refractivity contribution < 1.29 is 14.3 Å². The Bertz CT molecular complexity index is 543. The fraction of sp³-hybridized carbons (Fsp3) is 0.231. The summed E-state index contributed by atoms with van der Waals surface area (Å²) < 4.78 is 6.13. The van der Waals surface area contributed by atoms with E-state index in [1.807, 2.05) is 30.3 Å². The summed E-state index contributed by atoms with van der Waals surface area (Å²) >= 11 is 1.40. The molecule has 1 aromatic carbocycles. The molecule has 1 heterocycles. The van der Waals surface area contributed by atoms with Crippen LogP contribution in [0.1, 0.15) is 22.5 Å². The first kappa shape index (κ1) is 12.6. The van der Waals surface area contributed by atoms with E-state index in [2.05, 4.69) is 0 Å². The molecule has 0 atom stereocenters. The van der Waals surface area contributed by atoms with Gasteiger partial charge in [0.15, 0.2) is 0 Å². The highest BCUT2D eigenvalue weighted by molar-refractivity contribution is 7.20. The van der Waals surface area contributed by atoms with Crippen molar-refractivity contribution in [2.75, 3.05) is 6.61 Å². The first-order valence-corrected chi connectivity index (χ1v) is 6.42. The second kappa shape index (κ2) is 5.64. The van der Waals surface area contributed by atoms with Crippen LogP contribution in [0.25, 0.3) is 10.1 Å². The van der Waals surface area contributed by atoms with Crippen LogP contribution in [0.4, 0.5) is 0 Å².